The molecule has 0 amide bonds. The Morgan fingerprint density at radius 3 is 1.40 bits per heavy atom. The minimum Gasteiger partial charge on any atom is -0.494 e. The van der Waals surface area contributed by atoms with E-state index in [9.17, 15) is 0 Å². The number of thioether (sulfide) groups is 1. The van der Waals surface area contributed by atoms with Gasteiger partial charge in [0.25, 0.3) is 0 Å². The summed E-state index contributed by atoms with van der Waals surface area (Å²) in [5, 5.41) is 0. The molecule has 0 N–H and O–H groups in total. The van der Waals surface area contributed by atoms with E-state index in [1.165, 1.54) is 37.2 Å². The van der Waals surface area contributed by atoms with Gasteiger partial charge in [0, 0.05) is 0 Å². The predicted molar refractivity (Wildman–Crippen MR) is 109 cm³/mol. The zero-order valence-electron chi connectivity index (χ0n) is 15.1. The first-order valence-corrected chi connectivity index (χ1v) is 10.5. The number of hydrogen-bond donors (Lipinski definition) is 0. The number of para-hydroxylation sites is 2. The predicted octanol–water partition coefficient (Wildman–Crippen LogP) is 6.22. The highest BCUT2D eigenvalue weighted by Crippen LogP contribution is 2.13. The molecule has 0 saturated carbocycles. The average molecular weight is 359 g/mol. The first-order chi connectivity index (χ1) is 12.4. The van der Waals surface area contributed by atoms with E-state index >= 15 is 0 Å². The maximum Gasteiger partial charge on any atom is 0.119 e. The molecule has 2 rings (SSSR count). The zero-order valence-corrected chi connectivity index (χ0v) is 15.9. The van der Waals surface area contributed by atoms with E-state index in [-0.39, 0.29) is 0 Å². The summed E-state index contributed by atoms with van der Waals surface area (Å²) < 4.78 is 11.4. The lowest BCUT2D eigenvalue weighted by Crippen LogP contribution is -1.98. The van der Waals surface area contributed by atoms with Gasteiger partial charge in [0.15, 0.2) is 0 Å². The monoisotopic (exact) mass is 358 g/mol. The molecule has 0 spiro atoms. The van der Waals surface area contributed by atoms with Gasteiger partial charge in [0.2, 0.25) is 0 Å². The molecular formula is C22H30O2S. The van der Waals surface area contributed by atoms with Crippen molar-refractivity contribution < 1.29 is 9.47 Å². The fourth-order valence-electron chi connectivity index (χ4n) is 2.48. The second-order valence-corrected chi connectivity index (χ2v) is 7.28. The molecule has 3 heteroatoms. The lowest BCUT2D eigenvalue weighted by atomic mass is 10.2. The summed E-state index contributed by atoms with van der Waals surface area (Å²) in [6.45, 7) is 1.66. The van der Waals surface area contributed by atoms with Gasteiger partial charge in [-0.15, -0.1) is 0 Å². The number of hydrogen-bond acceptors (Lipinski definition) is 3. The van der Waals surface area contributed by atoms with Crippen LogP contribution in [-0.2, 0) is 0 Å². The molecule has 0 radical (unpaired) electrons. The maximum atomic E-state index is 5.70. The van der Waals surface area contributed by atoms with Crippen molar-refractivity contribution in [1.29, 1.82) is 0 Å². The third-order valence-corrected chi connectivity index (χ3v) is 5.04. The van der Waals surface area contributed by atoms with Crippen molar-refractivity contribution >= 4 is 11.8 Å². The summed E-state index contributed by atoms with van der Waals surface area (Å²) in [6, 6.07) is 20.1. The third-order valence-electron chi connectivity index (χ3n) is 3.89. The van der Waals surface area contributed by atoms with Crippen LogP contribution in [-0.4, -0.2) is 24.7 Å². The van der Waals surface area contributed by atoms with Crippen molar-refractivity contribution in [3.05, 3.63) is 60.7 Å². The van der Waals surface area contributed by atoms with Crippen LogP contribution in [0.25, 0.3) is 0 Å². The van der Waals surface area contributed by atoms with Crippen LogP contribution in [0.4, 0.5) is 0 Å². The van der Waals surface area contributed by atoms with Crippen LogP contribution in [0.15, 0.2) is 60.7 Å². The lowest BCUT2D eigenvalue weighted by molar-refractivity contribution is 0.306. The summed E-state index contributed by atoms with van der Waals surface area (Å²) in [5.41, 5.74) is 0. The van der Waals surface area contributed by atoms with Gasteiger partial charge in [-0.2, -0.15) is 11.8 Å². The van der Waals surface area contributed by atoms with E-state index in [2.05, 4.69) is 11.8 Å². The third kappa shape index (κ3) is 10.1. The molecule has 136 valence electrons. The number of benzene rings is 2. The highest BCUT2D eigenvalue weighted by atomic mass is 32.2. The van der Waals surface area contributed by atoms with Crippen LogP contribution >= 0.6 is 11.8 Å². The minimum atomic E-state index is 0.829. The Morgan fingerprint density at radius 1 is 0.520 bits per heavy atom. The molecule has 0 aromatic heterocycles. The smallest absolute Gasteiger partial charge is 0.119 e. The molecule has 2 aromatic rings. The van der Waals surface area contributed by atoms with Gasteiger partial charge in [-0.3, -0.25) is 0 Å². The summed E-state index contributed by atoms with van der Waals surface area (Å²) >= 11 is 2.08. The fourth-order valence-corrected chi connectivity index (χ4v) is 3.50. The van der Waals surface area contributed by atoms with Crippen molar-refractivity contribution in [2.45, 2.75) is 38.5 Å². The number of unbranched alkanes of at least 4 members (excludes halogenated alkanes) is 4. The summed E-state index contributed by atoms with van der Waals surface area (Å²) in [5.74, 6) is 4.50. The first kappa shape index (κ1) is 19.7. The topological polar surface area (TPSA) is 18.5 Å². The second kappa shape index (κ2) is 13.7. The highest BCUT2D eigenvalue weighted by Gasteiger charge is 1.96. The van der Waals surface area contributed by atoms with E-state index in [0.29, 0.717) is 0 Å². The molecule has 0 aliphatic carbocycles. The van der Waals surface area contributed by atoms with Gasteiger partial charge in [0.05, 0.1) is 13.2 Å². The van der Waals surface area contributed by atoms with Crippen LogP contribution in [0.3, 0.4) is 0 Å². The Labute approximate surface area is 156 Å². The summed E-state index contributed by atoms with van der Waals surface area (Å²) in [4.78, 5) is 0. The molecule has 0 unspecified atom stereocenters. The molecular weight excluding hydrogens is 328 g/mol. The Balaban J connectivity index is 1.30. The molecule has 25 heavy (non-hydrogen) atoms. The van der Waals surface area contributed by atoms with Crippen molar-refractivity contribution in [3.8, 4) is 11.5 Å². The second-order valence-electron chi connectivity index (χ2n) is 6.06. The molecule has 2 nitrogen and oxygen atoms in total. The van der Waals surface area contributed by atoms with Gasteiger partial charge >= 0.3 is 0 Å². The lowest BCUT2D eigenvalue weighted by Gasteiger charge is -2.06. The largest absolute Gasteiger partial charge is 0.494 e. The Kier molecular flexibility index (Phi) is 10.8. The van der Waals surface area contributed by atoms with E-state index in [4.69, 9.17) is 9.47 Å². The van der Waals surface area contributed by atoms with Crippen LogP contribution < -0.4 is 9.47 Å². The fraction of sp³-hybridized carbons (Fsp3) is 0.455. The summed E-state index contributed by atoms with van der Waals surface area (Å²) in [7, 11) is 0. The summed E-state index contributed by atoms with van der Waals surface area (Å²) in [6.07, 6.45) is 7.38. The SMILES string of the molecule is c1ccc(OCCCCCSCCCCCOc2ccccc2)cc1. The van der Waals surface area contributed by atoms with E-state index in [1.807, 2.05) is 60.7 Å². The molecule has 0 fully saturated rings. The van der Waals surface area contributed by atoms with Gasteiger partial charge in [0.1, 0.15) is 11.5 Å². The van der Waals surface area contributed by atoms with Crippen molar-refractivity contribution in [3.63, 3.8) is 0 Å². The Hall–Kier alpha value is -1.61. The van der Waals surface area contributed by atoms with Crippen molar-refractivity contribution in [2.75, 3.05) is 24.7 Å². The average Bonchev–Trinajstić information content (AvgIpc) is 2.67. The molecule has 0 saturated heterocycles. The van der Waals surface area contributed by atoms with E-state index in [1.54, 1.807) is 0 Å². The number of rotatable bonds is 14. The van der Waals surface area contributed by atoms with Gasteiger partial charge in [-0.25, -0.2) is 0 Å². The number of ether oxygens (including phenoxy) is 2. The van der Waals surface area contributed by atoms with Crippen LogP contribution in [0.1, 0.15) is 38.5 Å². The molecule has 0 bridgehead atoms. The molecule has 0 aliphatic heterocycles. The van der Waals surface area contributed by atoms with Crippen molar-refractivity contribution in [1.82, 2.24) is 0 Å². The Morgan fingerprint density at radius 2 is 0.960 bits per heavy atom. The van der Waals surface area contributed by atoms with Crippen LogP contribution in [0.5, 0.6) is 11.5 Å². The van der Waals surface area contributed by atoms with Gasteiger partial charge in [-0.1, -0.05) is 36.4 Å². The molecule has 2 aromatic carbocycles. The zero-order chi connectivity index (χ0) is 17.4. The first-order valence-electron chi connectivity index (χ1n) is 9.38. The molecule has 0 heterocycles. The maximum absolute atomic E-state index is 5.70. The molecule has 0 atom stereocenters. The minimum absolute atomic E-state index is 0.829. The van der Waals surface area contributed by atoms with Crippen LogP contribution in [0.2, 0.25) is 0 Å². The van der Waals surface area contributed by atoms with Gasteiger partial charge < -0.3 is 9.47 Å². The van der Waals surface area contributed by atoms with Crippen LogP contribution in [0, 0.1) is 0 Å². The standard InChI is InChI=1S/C22H30O2S/c1-5-13-21(14-6-1)23-17-9-3-11-19-25-20-12-4-10-18-24-22-15-7-2-8-16-22/h1-2,5-8,13-16H,3-4,9-12,17-20H2. The quantitative estimate of drug-likeness (QED) is 0.374. The molecule has 0 aliphatic rings. The van der Waals surface area contributed by atoms with Gasteiger partial charge in [-0.05, 0) is 74.3 Å². The van der Waals surface area contributed by atoms with Crippen molar-refractivity contribution in [2.24, 2.45) is 0 Å². The normalized spacial score (nSPS) is 10.6. The van der Waals surface area contributed by atoms with E-state index in [0.717, 1.165) is 37.6 Å². The Bertz CT molecular complexity index is 481. The highest BCUT2D eigenvalue weighted by molar-refractivity contribution is 7.99. The van der Waals surface area contributed by atoms with E-state index < -0.39 is 0 Å².